The normalized spacial score (nSPS) is 10.4. The first-order valence-corrected chi connectivity index (χ1v) is 6.17. The van der Waals surface area contributed by atoms with Gasteiger partial charge in [-0.25, -0.2) is 0 Å². The third-order valence-electron chi connectivity index (χ3n) is 2.73. The third-order valence-corrected chi connectivity index (χ3v) is 2.73. The second-order valence-electron chi connectivity index (χ2n) is 4.46. The molecule has 0 aliphatic heterocycles. The van der Waals surface area contributed by atoms with E-state index in [-0.39, 0.29) is 5.91 Å². The van der Waals surface area contributed by atoms with Gasteiger partial charge in [-0.2, -0.15) is 0 Å². The number of nitrogen functional groups attached to an aromatic ring is 1. The number of hydrogen-bond donors (Lipinski definition) is 2. The van der Waals surface area contributed by atoms with E-state index in [1.54, 1.807) is 6.07 Å². The molecule has 1 aromatic carbocycles. The monoisotopic (exact) mass is 259 g/mol. The molecule has 5 nitrogen and oxygen atoms in total. The minimum atomic E-state index is -0.0172. The summed E-state index contributed by atoms with van der Waals surface area (Å²) in [7, 11) is 0. The summed E-state index contributed by atoms with van der Waals surface area (Å²) in [5, 5.41) is 6.55. The molecule has 5 heteroatoms. The van der Waals surface area contributed by atoms with E-state index in [0.29, 0.717) is 25.1 Å². The lowest BCUT2D eigenvalue weighted by atomic mass is 10.1. The largest absolute Gasteiger partial charge is 0.399 e. The van der Waals surface area contributed by atoms with Gasteiger partial charge in [0.25, 0.3) is 0 Å². The number of amides is 1. The highest BCUT2D eigenvalue weighted by molar-refractivity contribution is 5.76. The van der Waals surface area contributed by atoms with Crippen LogP contribution in [0.1, 0.15) is 23.4 Å². The van der Waals surface area contributed by atoms with Crippen LogP contribution >= 0.6 is 0 Å². The lowest BCUT2D eigenvalue weighted by Gasteiger charge is -2.04. The molecule has 1 aromatic heterocycles. The fraction of sp³-hybridized carbons (Fsp3) is 0.286. The number of carbonyl (C=O) groups is 1. The first-order valence-electron chi connectivity index (χ1n) is 6.17. The molecule has 0 fully saturated rings. The molecule has 0 aliphatic carbocycles. The van der Waals surface area contributed by atoms with Crippen LogP contribution in [0.2, 0.25) is 0 Å². The van der Waals surface area contributed by atoms with Gasteiger partial charge < -0.3 is 15.6 Å². The lowest BCUT2D eigenvalue weighted by molar-refractivity contribution is -0.121. The molecule has 0 saturated heterocycles. The standard InChI is InChI=1S/C14H17N3O2/c1-10-7-13(19-17-10)9-16-14(18)6-5-11-3-2-4-12(15)8-11/h2-4,7-8H,5-6,9,15H2,1H3,(H,16,18). The van der Waals surface area contributed by atoms with Crippen LogP contribution in [-0.2, 0) is 17.8 Å². The summed E-state index contributed by atoms with van der Waals surface area (Å²) in [5.41, 5.74) is 8.27. The fourth-order valence-electron chi connectivity index (χ4n) is 1.78. The van der Waals surface area contributed by atoms with Crippen molar-refractivity contribution in [2.24, 2.45) is 0 Å². The summed E-state index contributed by atoms with van der Waals surface area (Å²) in [4.78, 5) is 11.7. The quantitative estimate of drug-likeness (QED) is 0.802. The van der Waals surface area contributed by atoms with Crippen LogP contribution in [0.4, 0.5) is 5.69 Å². The van der Waals surface area contributed by atoms with E-state index < -0.39 is 0 Å². The molecule has 0 atom stereocenters. The van der Waals surface area contributed by atoms with Gasteiger partial charge in [0.1, 0.15) is 0 Å². The molecule has 2 rings (SSSR count). The molecular formula is C14H17N3O2. The Balaban J connectivity index is 1.75. The van der Waals surface area contributed by atoms with E-state index in [1.165, 1.54) is 0 Å². The van der Waals surface area contributed by atoms with Gasteiger partial charge in [0.05, 0.1) is 12.2 Å². The van der Waals surface area contributed by atoms with Crippen molar-refractivity contribution < 1.29 is 9.32 Å². The zero-order valence-corrected chi connectivity index (χ0v) is 10.8. The maximum Gasteiger partial charge on any atom is 0.220 e. The Labute approximate surface area is 111 Å². The Kier molecular flexibility index (Phi) is 4.18. The number of nitrogens with zero attached hydrogens (tertiary/aromatic N) is 1. The highest BCUT2D eigenvalue weighted by atomic mass is 16.5. The average Bonchev–Trinajstić information content (AvgIpc) is 2.80. The van der Waals surface area contributed by atoms with E-state index in [0.717, 1.165) is 16.9 Å². The Hall–Kier alpha value is -2.30. The molecule has 2 aromatic rings. The van der Waals surface area contributed by atoms with E-state index in [9.17, 15) is 4.79 Å². The van der Waals surface area contributed by atoms with Gasteiger partial charge in [0, 0.05) is 18.2 Å². The topological polar surface area (TPSA) is 81.2 Å². The SMILES string of the molecule is Cc1cc(CNC(=O)CCc2cccc(N)c2)on1. The average molecular weight is 259 g/mol. The van der Waals surface area contributed by atoms with Gasteiger partial charge in [-0.05, 0) is 31.0 Å². The molecule has 0 aliphatic rings. The summed E-state index contributed by atoms with van der Waals surface area (Å²) in [6.07, 6.45) is 1.10. The van der Waals surface area contributed by atoms with Crippen LogP contribution in [0.3, 0.4) is 0 Å². The summed E-state index contributed by atoms with van der Waals surface area (Å²) in [6, 6.07) is 9.37. The highest BCUT2D eigenvalue weighted by Crippen LogP contribution is 2.08. The van der Waals surface area contributed by atoms with Gasteiger partial charge in [0.2, 0.25) is 5.91 Å². The Morgan fingerprint density at radius 1 is 1.42 bits per heavy atom. The number of carbonyl (C=O) groups excluding carboxylic acids is 1. The molecule has 1 amide bonds. The van der Waals surface area contributed by atoms with E-state index in [1.807, 2.05) is 31.2 Å². The molecule has 100 valence electrons. The first-order chi connectivity index (χ1) is 9.13. The van der Waals surface area contributed by atoms with E-state index >= 15 is 0 Å². The summed E-state index contributed by atoms with van der Waals surface area (Å²) >= 11 is 0. The van der Waals surface area contributed by atoms with Gasteiger partial charge in [-0.15, -0.1) is 0 Å². The maximum absolute atomic E-state index is 11.7. The molecule has 1 heterocycles. The Morgan fingerprint density at radius 2 is 2.26 bits per heavy atom. The van der Waals surface area contributed by atoms with Gasteiger partial charge in [0.15, 0.2) is 5.76 Å². The van der Waals surface area contributed by atoms with Gasteiger partial charge >= 0.3 is 0 Å². The second-order valence-corrected chi connectivity index (χ2v) is 4.46. The van der Waals surface area contributed by atoms with Crippen molar-refractivity contribution in [2.45, 2.75) is 26.3 Å². The zero-order chi connectivity index (χ0) is 13.7. The van der Waals surface area contributed by atoms with Crippen molar-refractivity contribution in [3.8, 4) is 0 Å². The summed E-state index contributed by atoms with van der Waals surface area (Å²) < 4.78 is 5.01. The predicted octanol–water partition coefficient (Wildman–Crippen LogP) is 1.81. The highest BCUT2D eigenvalue weighted by Gasteiger charge is 2.05. The molecule has 0 saturated carbocycles. The number of benzene rings is 1. The number of rotatable bonds is 5. The third kappa shape index (κ3) is 4.13. The number of aromatic nitrogens is 1. The van der Waals surface area contributed by atoms with Crippen LogP contribution in [0.5, 0.6) is 0 Å². The van der Waals surface area contributed by atoms with Crippen molar-refractivity contribution in [2.75, 3.05) is 5.73 Å². The Morgan fingerprint density at radius 3 is 2.95 bits per heavy atom. The van der Waals surface area contributed by atoms with E-state index in [2.05, 4.69) is 10.5 Å². The van der Waals surface area contributed by atoms with Crippen molar-refractivity contribution in [3.63, 3.8) is 0 Å². The van der Waals surface area contributed by atoms with E-state index in [4.69, 9.17) is 10.3 Å². The molecule has 19 heavy (non-hydrogen) atoms. The summed E-state index contributed by atoms with van der Waals surface area (Å²) in [5.74, 6) is 0.645. The molecule has 0 unspecified atom stereocenters. The zero-order valence-electron chi connectivity index (χ0n) is 10.8. The van der Waals surface area contributed by atoms with Crippen molar-refractivity contribution in [3.05, 3.63) is 47.3 Å². The number of anilines is 1. The van der Waals surface area contributed by atoms with Gasteiger partial charge in [-0.3, -0.25) is 4.79 Å². The lowest BCUT2D eigenvalue weighted by Crippen LogP contribution is -2.22. The van der Waals surface area contributed by atoms with Crippen LogP contribution in [-0.4, -0.2) is 11.1 Å². The number of aryl methyl sites for hydroxylation is 2. The minimum absolute atomic E-state index is 0.0172. The van der Waals surface area contributed by atoms with Crippen molar-refractivity contribution in [1.82, 2.24) is 10.5 Å². The number of hydrogen-bond acceptors (Lipinski definition) is 4. The van der Waals surface area contributed by atoms with Crippen LogP contribution < -0.4 is 11.1 Å². The van der Waals surface area contributed by atoms with Gasteiger partial charge in [-0.1, -0.05) is 17.3 Å². The van der Waals surface area contributed by atoms with Crippen LogP contribution in [0.15, 0.2) is 34.9 Å². The predicted molar refractivity (Wildman–Crippen MR) is 72.3 cm³/mol. The minimum Gasteiger partial charge on any atom is -0.399 e. The molecular weight excluding hydrogens is 242 g/mol. The molecule has 0 radical (unpaired) electrons. The number of nitrogens with one attached hydrogen (secondary N) is 1. The molecule has 0 bridgehead atoms. The fourth-order valence-corrected chi connectivity index (χ4v) is 1.78. The molecule has 0 spiro atoms. The number of nitrogens with two attached hydrogens (primary N) is 1. The van der Waals surface area contributed by atoms with Crippen molar-refractivity contribution in [1.29, 1.82) is 0 Å². The van der Waals surface area contributed by atoms with Crippen LogP contribution in [0, 0.1) is 6.92 Å². The smallest absolute Gasteiger partial charge is 0.220 e. The molecule has 3 N–H and O–H groups in total. The van der Waals surface area contributed by atoms with Crippen molar-refractivity contribution >= 4 is 11.6 Å². The Bertz CT molecular complexity index is 563. The van der Waals surface area contributed by atoms with Crippen LogP contribution in [0.25, 0.3) is 0 Å². The first kappa shape index (κ1) is 13.1. The second kappa shape index (κ2) is 6.04. The summed E-state index contributed by atoms with van der Waals surface area (Å²) in [6.45, 7) is 2.21. The maximum atomic E-state index is 11.7.